The predicted octanol–water partition coefficient (Wildman–Crippen LogP) is 1.57. The third-order valence-corrected chi connectivity index (χ3v) is 4.40. The van der Waals surface area contributed by atoms with E-state index in [4.69, 9.17) is 4.52 Å². The molecule has 2 aromatic rings. The number of hydrogen-bond donors (Lipinski definition) is 0. The highest BCUT2D eigenvalue weighted by Crippen LogP contribution is 2.26. The van der Waals surface area contributed by atoms with Crippen LogP contribution in [0.2, 0.25) is 0 Å². The first-order valence-corrected chi connectivity index (χ1v) is 8.94. The standard InChI is InChI=1S/C16H25N7O2/c1-4-22(10-13-17-14(25-19-13)9-11(2)3)16(24)12-7-5-6-8-23-15(12)18-20-21-23/h11-12H,4-10H2,1-3H3/t12-/m1/s1. The number of carbonyl (C=O) groups excluding carboxylic acids is 1. The number of carbonyl (C=O) groups is 1. The van der Waals surface area contributed by atoms with Gasteiger partial charge in [-0.25, -0.2) is 4.68 Å². The Morgan fingerprint density at radius 1 is 1.40 bits per heavy atom. The zero-order valence-corrected chi connectivity index (χ0v) is 15.1. The minimum atomic E-state index is -0.306. The van der Waals surface area contributed by atoms with Gasteiger partial charge in [0, 0.05) is 19.5 Å². The molecule has 0 N–H and O–H groups in total. The van der Waals surface area contributed by atoms with Crippen molar-refractivity contribution in [3.8, 4) is 0 Å². The number of aromatic nitrogens is 6. The van der Waals surface area contributed by atoms with E-state index in [0.717, 1.165) is 32.2 Å². The van der Waals surface area contributed by atoms with E-state index in [1.807, 2.05) is 6.92 Å². The van der Waals surface area contributed by atoms with E-state index in [-0.39, 0.29) is 11.8 Å². The fourth-order valence-corrected chi connectivity index (χ4v) is 3.12. The molecule has 2 aromatic heterocycles. The average Bonchev–Trinajstić information content (AvgIpc) is 3.17. The van der Waals surface area contributed by atoms with E-state index < -0.39 is 0 Å². The number of aryl methyl sites for hydroxylation is 1. The number of amides is 1. The fourth-order valence-electron chi connectivity index (χ4n) is 3.12. The Hall–Kier alpha value is -2.32. The third kappa shape index (κ3) is 4.02. The largest absolute Gasteiger partial charge is 0.339 e. The lowest BCUT2D eigenvalue weighted by Gasteiger charge is -2.23. The summed E-state index contributed by atoms with van der Waals surface area (Å²) in [6.45, 7) is 7.83. The summed E-state index contributed by atoms with van der Waals surface area (Å²) in [5, 5.41) is 15.8. The zero-order chi connectivity index (χ0) is 17.8. The van der Waals surface area contributed by atoms with Crippen molar-refractivity contribution >= 4 is 5.91 Å². The van der Waals surface area contributed by atoms with E-state index in [1.165, 1.54) is 0 Å². The molecule has 0 saturated heterocycles. The summed E-state index contributed by atoms with van der Waals surface area (Å²) < 4.78 is 7.02. The molecule has 0 bridgehead atoms. The molecule has 0 unspecified atom stereocenters. The molecule has 1 aliphatic rings. The van der Waals surface area contributed by atoms with Crippen LogP contribution in [0.5, 0.6) is 0 Å². The molecule has 0 aliphatic carbocycles. The second-order valence-electron chi connectivity index (χ2n) is 6.86. The van der Waals surface area contributed by atoms with Crippen molar-refractivity contribution in [3.63, 3.8) is 0 Å². The van der Waals surface area contributed by atoms with Crippen molar-refractivity contribution in [1.29, 1.82) is 0 Å². The predicted molar refractivity (Wildman–Crippen MR) is 88.3 cm³/mol. The number of fused-ring (bicyclic) bond motifs is 1. The minimum absolute atomic E-state index is 0.0238. The molecule has 9 heteroatoms. The van der Waals surface area contributed by atoms with Gasteiger partial charge in [0.2, 0.25) is 11.8 Å². The molecule has 3 rings (SSSR count). The van der Waals surface area contributed by atoms with Crippen LogP contribution in [0.3, 0.4) is 0 Å². The number of nitrogens with zero attached hydrogens (tertiary/aromatic N) is 7. The molecule has 0 fully saturated rings. The molecule has 136 valence electrons. The summed E-state index contributed by atoms with van der Waals surface area (Å²) in [6, 6.07) is 0. The van der Waals surface area contributed by atoms with Crippen molar-refractivity contribution < 1.29 is 9.32 Å². The van der Waals surface area contributed by atoms with Crippen molar-refractivity contribution in [3.05, 3.63) is 17.5 Å². The van der Waals surface area contributed by atoms with Crippen LogP contribution in [0.25, 0.3) is 0 Å². The first-order chi connectivity index (χ1) is 12.1. The maximum Gasteiger partial charge on any atom is 0.233 e. The van der Waals surface area contributed by atoms with E-state index >= 15 is 0 Å². The third-order valence-electron chi connectivity index (χ3n) is 4.40. The van der Waals surface area contributed by atoms with Crippen molar-refractivity contribution in [2.45, 2.75) is 65.5 Å². The first-order valence-electron chi connectivity index (χ1n) is 8.94. The second-order valence-corrected chi connectivity index (χ2v) is 6.86. The molecular weight excluding hydrogens is 322 g/mol. The van der Waals surface area contributed by atoms with Gasteiger partial charge in [-0.3, -0.25) is 4.79 Å². The Bertz CT molecular complexity index is 709. The summed E-state index contributed by atoms with van der Waals surface area (Å²) >= 11 is 0. The van der Waals surface area contributed by atoms with Gasteiger partial charge >= 0.3 is 0 Å². The maximum atomic E-state index is 13.1. The van der Waals surface area contributed by atoms with Crippen LogP contribution in [0.4, 0.5) is 0 Å². The monoisotopic (exact) mass is 347 g/mol. The Kier molecular flexibility index (Phi) is 5.40. The van der Waals surface area contributed by atoms with Gasteiger partial charge in [0.1, 0.15) is 0 Å². The van der Waals surface area contributed by atoms with Gasteiger partial charge in [0.15, 0.2) is 11.6 Å². The van der Waals surface area contributed by atoms with Gasteiger partial charge in [-0.1, -0.05) is 25.4 Å². The molecule has 3 heterocycles. The molecule has 1 atom stereocenters. The highest BCUT2D eigenvalue weighted by molar-refractivity contribution is 5.82. The van der Waals surface area contributed by atoms with Crippen LogP contribution < -0.4 is 0 Å². The van der Waals surface area contributed by atoms with Crippen LogP contribution >= 0.6 is 0 Å². The van der Waals surface area contributed by atoms with Crippen LogP contribution in [0, 0.1) is 5.92 Å². The number of rotatable bonds is 6. The molecule has 1 aliphatic heterocycles. The first kappa shape index (κ1) is 17.5. The van der Waals surface area contributed by atoms with Gasteiger partial charge in [-0.2, -0.15) is 4.98 Å². The average molecular weight is 347 g/mol. The fraction of sp³-hybridized carbons (Fsp3) is 0.750. The van der Waals surface area contributed by atoms with Crippen LogP contribution in [-0.2, 0) is 24.3 Å². The highest BCUT2D eigenvalue weighted by Gasteiger charge is 2.31. The van der Waals surface area contributed by atoms with Gasteiger partial charge in [0.25, 0.3) is 0 Å². The lowest BCUT2D eigenvalue weighted by Crippen LogP contribution is -2.35. The van der Waals surface area contributed by atoms with Gasteiger partial charge in [-0.15, -0.1) is 5.10 Å². The van der Waals surface area contributed by atoms with E-state index in [0.29, 0.717) is 36.5 Å². The topological polar surface area (TPSA) is 103 Å². The number of hydrogen-bond acceptors (Lipinski definition) is 7. The van der Waals surface area contributed by atoms with E-state index in [9.17, 15) is 4.79 Å². The Balaban J connectivity index is 1.72. The minimum Gasteiger partial charge on any atom is -0.339 e. The van der Waals surface area contributed by atoms with E-state index in [1.54, 1.807) is 9.58 Å². The molecule has 0 spiro atoms. The molecule has 0 aromatic carbocycles. The summed E-state index contributed by atoms with van der Waals surface area (Å²) in [5.74, 6) is 1.98. The Morgan fingerprint density at radius 2 is 2.24 bits per heavy atom. The molecule has 0 saturated carbocycles. The smallest absolute Gasteiger partial charge is 0.233 e. The zero-order valence-electron chi connectivity index (χ0n) is 15.1. The molecule has 0 radical (unpaired) electrons. The van der Waals surface area contributed by atoms with Crippen LogP contribution in [-0.4, -0.2) is 47.7 Å². The summed E-state index contributed by atoms with van der Waals surface area (Å²) in [6.07, 6.45) is 3.46. The van der Waals surface area contributed by atoms with Gasteiger partial charge in [0.05, 0.1) is 12.5 Å². The molecular formula is C16H25N7O2. The highest BCUT2D eigenvalue weighted by atomic mass is 16.5. The quantitative estimate of drug-likeness (QED) is 0.781. The lowest BCUT2D eigenvalue weighted by atomic mass is 10.0. The lowest BCUT2D eigenvalue weighted by molar-refractivity contribution is -0.133. The Labute approximate surface area is 146 Å². The van der Waals surface area contributed by atoms with Crippen molar-refractivity contribution in [2.75, 3.05) is 6.54 Å². The van der Waals surface area contributed by atoms with Gasteiger partial charge in [-0.05, 0) is 36.1 Å². The van der Waals surface area contributed by atoms with Crippen molar-refractivity contribution in [2.24, 2.45) is 5.92 Å². The normalized spacial score (nSPS) is 17.4. The van der Waals surface area contributed by atoms with E-state index in [2.05, 4.69) is 39.5 Å². The van der Waals surface area contributed by atoms with Crippen LogP contribution in [0.15, 0.2) is 4.52 Å². The van der Waals surface area contributed by atoms with Gasteiger partial charge < -0.3 is 9.42 Å². The summed E-state index contributed by atoms with van der Waals surface area (Å²) in [7, 11) is 0. The SMILES string of the molecule is CCN(Cc1noc(CC(C)C)n1)C(=O)[C@@H]1CCCCn2nnnc21. The van der Waals surface area contributed by atoms with Crippen molar-refractivity contribution in [1.82, 2.24) is 35.2 Å². The Morgan fingerprint density at radius 3 is 3.00 bits per heavy atom. The molecule has 1 amide bonds. The number of tetrazole rings is 1. The molecule has 9 nitrogen and oxygen atoms in total. The molecule has 25 heavy (non-hydrogen) atoms. The maximum absolute atomic E-state index is 13.1. The summed E-state index contributed by atoms with van der Waals surface area (Å²) in [4.78, 5) is 19.2. The second kappa shape index (κ2) is 7.71. The number of likely N-dealkylation sites (N-methyl/N-ethyl adjacent to an activating group) is 1. The van der Waals surface area contributed by atoms with Crippen LogP contribution in [0.1, 0.15) is 63.5 Å². The summed E-state index contributed by atoms with van der Waals surface area (Å²) in [5.41, 5.74) is 0.